The van der Waals surface area contributed by atoms with Crippen LogP contribution in [0.3, 0.4) is 0 Å². The summed E-state index contributed by atoms with van der Waals surface area (Å²) < 4.78 is 13.4. The Kier molecular flexibility index (Phi) is 5.91. The van der Waals surface area contributed by atoms with Crippen LogP contribution in [-0.4, -0.2) is 0 Å². The quantitative estimate of drug-likeness (QED) is 0.185. The van der Waals surface area contributed by atoms with E-state index in [1.165, 1.54) is 43.8 Å². The zero-order valence-corrected chi connectivity index (χ0v) is 26.0. The number of benzene rings is 8. The fourth-order valence-corrected chi connectivity index (χ4v) is 7.59. The lowest BCUT2D eigenvalue weighted by Gasteiger charge is -2.20. The lowest BCUT2D eigenvalue weighted by molar-refractivity contribution is 0.632. The molecule has 0 amide bonds. The van der Waals surface area contributed by atoms with Crippen molar-refractivity contribution in [1.82, 2.24) is 0 Å². The summed E-state index contributed by atoms with van der Waals surface area (Å²) >= 11 is 0. The highest BCUT2D eigenvalue weighted by Crippen LogP contribution is 2.50. The van der Waals surface area contributed by atoms with Gasteiger partial charge in [0.05, 0.1) is 5.39 Å². The second-order valence-electron chi connectivity index (χ2n) is 12.4. The van der Waals surface area contributed by atoms with Crippen molar-refractivity contribution in [2.24, 2.45) is 0 Å². The summed E-state index contributed by atoms with van der Waals surface area (Å²) in [7, 11) is 0. The first-order valence-electron chi connectivity index (χ1n) is 16.4. The van der Waals surface area contributed by atoms with Gasteiger partial charge < -0.3 is 8.83 Å². The summed E-state index contributed by atoms with van der Waals surface area (Å²) in [5.41, 5.74) is 10.7. The molecule has 0 atom stereocenters. The Bertz CT molecular complexity index is 2760. The number of hydrogen-bond donors (Lipinski definition) is 0. The van der Waals surface area contributed by atoms with Crippen LogP contribution in [0.1, 0.15) is 0 Å². The average molecular weight is 613 g/mol. The molecule has 0 saturated heterocycles. The minimum Gasteiger partial charge on any atom is -0.455 e. The maximum atomic E-state index is 6.87. The van der Waals surface area contributed by atoms with Gasteiger partial charge in [-0.25, -0.2) is 0 Å². The Hall–Kier alpha value is -6.38. The molecule has 0 bridgehead atoms. The van der Waals surface area contributed by atoms with Gasteiger partial charge in [-0.15, -0.1) is 0 Å². The summed E-state index contributed by atoms with van der Waals surface area (Å²) in [6, 6.07) is 60.2. The molecule has 2 heteroatoms. The molecule has 224 valence electrons. The second-order valence-corrected chi connectivity index (χ2v) is 12.4. The molecule has 0 fully saturated rings. The molecular formula is C46H28O2. The third-order valence-corrected chi connectivity index (χ3v) is 9.68. The fourth-order valence-electron chi connectivity index (χ4n) is 7.59. The van der Waals surface area contributed by atoms with E-state index in [4.69, 9.17) is 8.83 Å². The molecular weight excluding hydrogens is 585 g/mol. The standard InChI is InChI=1S/C46H28O2/c1-3-15-29(16-4-1)31-19-7-8-21-33(31)43-34-22-9-11-24-36(34)44(37-25-12-10-23-35(37)43)39-27-38-32-20-13-14-26-41(32)47-45(38)40-28-42(48-46(39)40)30-17-5-2-6-18-30/h1-28H. The Labute approximate surface area is 277 Å². The van der Waals surface area contributed by atoms with E-state index in [-0.39, 0.29) is 0 Å². The van der Waals surface area contributed by atoms with E-state index in [0.29, 0.717) is 0 Å². The largest absolute Gasteiger partial charge is 0.455 e. The van der Waals surface area contributed by atoms with Crippen molar-refractivity contribution in [3.8, 4) is 44.7 Å². The number of para-hydroxylation sites is 1. The van der Waals surface area contributed by atoms with Gasteiger partial charge in [0.25, 0.3) is 0 Å². The average Bonchev–Trinajstić information content (AvgIpc) is 3.77. The third-order valence-electron chi connectivity index (χ3n) is 9.68. The SMILES string of the molecule is c1ccc(-c2cc3c(o2)c(-c2c4ccccc4c(-c4ccccc4-c4ccccc4)c4ccccc24)cc2c4ccccc4oc32)cc1. The van der Waals surface area contributed by atoms with Gasteiger partial charge in [0.2, 0.25) is 0 Å². The van der Waals surface area contributed by atoms with E-state index in [2.05, 4.69) is 140 Å². The van der Waals surface area contributed by atoms with Crippen molar-refractivity contribution in [2.75, 3.05) is 0 Å². The van der Waals surface area contributed by atoms with Crippen LogP contribution in [0.2, 0.25) is 0 Å². The minimum absolute atomic E-state index is 0.821. The molecule has 0 aliphatic heterocycles. The van der Waals surface area contributed by atoms with Gasteiger partial charge in [0.1, 0.15) is 22.5 Å². The first-order valence-corrected chi connectivity index (χ1v) is 16.4. The van der Waals surface area contributed by atoms with Gasteiger partial charge in [0, 0.05) is 27.5 Å². The second kappa shape index (κ2) is 10.6. The van der Waals surface area contributed by atoms with Crippen LogP contribution in [0.5, 0.6) is 0 Å². The summed E-state index contributed by atoms with van der Waals surface area (Å²) in [6.45, 7) is 0. The number of fused-ring (bicyclic) bond motifs is 7. The molecule has 0 N–H and O–H groups in total. The van der Waals surface area contributed by atoms with Gasteiger partial charge in [-0.05, 0) is 62.0 Å². The highest BCUT2D eigenvalue weighted by Gasteiger charge is 2.24. The normalized spacial score (nSPS) is 11.8. The van der Waals surface area contributed by atoms with Crippen LogP contribution in [0, 0.1) is 0 Å². The van der Waals surface area contributed by atoms with E-state index in [0.717, 1.165) is 55.4 Å². The van der Waals surface area contributed by atoms with Crippen molar-refractivity contribution in [3.05, 3.63) is 170 Å². The van der Waals surface area contributed by atoms with Crippen molar-refractivity contribution in [2.45, 2.75) is 0 Å². The van der Waals surface area contributed by atoms with Gasteiger partial charge in [-0.2, -0.15) is 0 Å². The van der Waals surface area contributed by atoms with E-state index >= 15 is 0 Å². The minimum atomic E-state index is 0.821. The van der Waals surface area contributed by atoms with Crippen LogP contribution < -0.4 is 0 Å². The fraction of sp³-hybridized carbons (Fsp3) is 0. The molecule has 0 aliphatic rings. The summed E-state index contributed by atoms with van der Waals surface area (Å²) in [5, 5.41) is 7.93. The van der Waals surface area contributed by atoms with Crippen molar-refractivity contribution < 1.29 is 8.83 Å². The van der Waals surface area contributed by atoms with E-state index in [1.807, 2.05) is 30.3 Å². The van der Waals surface area contributed by atoms with Crippen LogP contribution in [0.4, 0.5) is 0 Å². The lowest BCUT2D eigenvalue weighted by atomic mass is 9.83. The first-order chi connectivity index (χ1) is 23.8. The van der Waals surface area contributed by atoms with E-state index in [9.17, 15) is 0 Å². The molecule has 2 nitrogen and oxygen atoms in total. The highest BCUT2D eigenvalue weighted by molar-refractivity contribution is 6.27. The van der Waals surface area contributed by atoms with Gasteiger partial charge in [0.15, 0.2) is 0 Å². The van der Waals surface area contributed by atoms with Gasteiger partial charge in [-0.3, -0.25) is 0 Å². The smallest absolute Gasteiger partial charge is 0.146 e. The molecule has 0 aliphatic carbocycles. The van der Waals surface area contributed by atoms with E-state index < -0.39 is 0 Å². The zero-order chi connectivity index (χ0) is 31.6. The van der Waals surface area contributed by atoms with Gasteiger partial charge >= 0.3 is 0 Å². The molecule has 48 heavy (non-hydrogen) atoms. The molecule has 10 rings (SSSR count). The topological polar surface area (TPSA) is 26.3 Å². The summed E-state index contributed by atoms with van der Waals surface area (Å²) in [4.78, 5) is 0. The first kappa shape index (κ1) is 26.8. The third kappa shape index (κ3) is 4.00. The Morgan fingerprint density at radius 2 is 0.792 bits per heavy atom. The molecule has 2 aromatic heterocycles. The Morgan fingerprint density at radius 3 is 1.44 bits per heavy atom. The molecule has 8 aromatic carbocycles. The Morgan fingerprint density at radius 1 is 0.292 bits per heavy atom. The van der Waals surface area contributed by atoms with E-state index in [1.54, 1.807) is 0 Å². The maximum Gasteiger partial charge on any atom is 0.146 e. The predicted octanol–water partition coefficient (Wildman–Crippen LogP) is 13.3. The summed E-state index contributed by atoms with van der Waals surface area (Å²) in [6.07, 6.45) is 0. The molecule has 0 saturated carbocycles. The highest BCUT2D eigenvalue weighted by atomic mass is 16.3. The van der Waals surface area contributed by atoms with Crippen molar-refractivity contribution in [3.63, 3.8) is 0 Å². The van der Waals surface area contributed by atoms with Crippen molar-refractivity contribution in [1.29, 1.82) is 0 Å². The monoisotopic (exact) mass is 612 g/mol. The van der Waals surface area contributed by atoms with Gasteiger partial charge in [-0.1, -0.05) is 152 Å². The molecule has 10 aromatic rings. The van der Waals surface area contributed by atoms with Crippen LogP contribution in [0.25, 0.3) is 99.2 Å². The maximum absolute atomic E-state index is 6.87. The van der Waals surface area contributed by atoms with Crippen LogP contribution >= 0.6 is 0 Å². The number of furan rings is 2. The number of hydrogen-bond acceptors (Lipinski definition) is 2. The Balaban J connectivity index is 1.36. The lowest BCUT2D eigenvalue weighted by Crippen LogP contribution is -1.93. The number of rotatable bonds is 4. The van der Waals surface area contributed by atoms with Crippen molar-refractivity contribution >= 4 is 54.5 Å². The summed E-state index contributed by atoms with van der Waals surface area (Å²) in [5.74, 6) is 0.821. The predicted molar refractivity (Wildman–Crippen MR) is 200 cm³/mol. The molecule has 0 unspecified atom stereocenters. The molecule has 0 radical (unpaired) electrons. The van der Waals surface area contributed by atoms with Crippen LogP contribution in [-0.2, 0) is 0 Å². The molecule has 0 spiro atoms. The molecule has 2 heterocycles. The van der Waals surface area contributed by atoms with Crippen LogP contribution in [0.15, 0.2) is 179 Å². The zero-order valence-electron chi connectivity index (χ0n) is 26.0.